The van der Waals surface area contributed by atoms with E-state index in [0.29, 0.717) is 32.5 Å². The van der Waals surface area contributed by atoms with E-state index in [2.05, 4.69) is 9.88 Å². The number of morpholine rings is 1. The van der Waals surface area contributed by atoms with Crippen LogP contribution in [0.3, 0.4) is 0 Å². The molecule has 7 heteroatoms. The van der Waals surface area contributed by atoms with E-state index in [0.717, 1.165) is 30.3 Å². The molecule has 1 atom stereocenters. The number of amides is 1. The number of aryl methyl sites for hydroxylation is 1. The van der Waals surface area contributed by atoms with Crippen molar-refractivity contribution in [3.63, 3.8) is 0 Å². The van der Waals surface area contributed by atoms with Crippen LogP contribution < -0.4 is 4.90 Å². The molecule has 0 aliphatic carbocycles. The van der Waals surface area contributed by atoms with Gasteiger partial charge >= 0.3 is 0 Å². The molecule has 0 saturated carbocycles. The molecule has 0 aromatic carbocycles. The Morgan fingerprint density at radius 1 is 1.23 bits per heavy atom. The number of ether oxygens (including phenoxy) is 1. The van der Waals surface area contributed by atoms with Gasteiger partial charge in [-0.3, -0.25) is 4.79 Å². The number of hydrogen-bond donors (Lipinski definition) is 0. The van der Waals surface area contributed by atoms with E-state index in [1.165, 1.54) is 12.8 Å². The summed E-state index contributed by atoms with van der Waals surface area (Å²) < 4.78 is 11.0. The van der Waals surface area contributed by atoms with Crippen molar-refractivity contribution in [2.24, 2.45) is 0 Å². The van der Waals surface area contributed by atoms with Crippen LogP contribution in [0.2, 0.25) is 0 Å². The Bertz CT molecular complexity index is 728. The minimum Gasteiger partial charge on any atom is -0.472 e. The monoisotopic (exact) mass is 356 g/mol. The summed E-state index contributed by atoms with van der Waals surface area (Å²) in [4.78, 5) is 25.7. The molecule has 0 radical (unpaired) electrons. The maximum atomic E-state index is 12.5. The van der Waals surface area contributed by atoms with E-state index in [9.17, 15) is 4.79 Å². The normalized spacial score (nSPS) is 20.5. The summed E-state index contributed by atoms with van der Waals surface area (Å²) >= 11 is 0. The summed E-state index contributed by atoms with van der Waals surface area (Å²) in [5.41, 5.74) is 1.91. The van der Waals surface area contributed by atoms with Crippen molar-refractivity contribution in [1.29, 1.82) is 0 Å². The number of carbonyl (C=O) groups excluding carboxylic acids is 1. The third-order valence-electron chi connectivity index (χ3n) is 5.01. The highest BCUT2D eigenvalue weighted by Gasteiger charge is 2.27. The van der Waals surface area contributed by atoms with Gasteiger partial charge in [-0.05, 0) is 37.0 Å². The fraction of sp³-hybridized carbons (Fsp3) is 0.526. The largest absolute Gasteiger partial charge is 0.472 e. The van der Waals surface area contributed by atoms with Crippen molar-refractivity contribution in [2.45, 2.75) is 31.8 Å². The lowest BCUT2D eigenvalue weighted by Gasteiger charge is -2.33. The Morgan fingerprint density at radius 3 is 2.92 bits per heavy atom. The minimum atomic E-state index is -0.189. The topological polar surface area (TPSA) is 71.7 Å². The van der Waals surface area contributed by atoms with Crippen molar-refractivity contribution in [3.05, 3.63) is 42.1 Å². The van der Waals surface area contributed by atoms with Crippen LogP contribution in [0.15, 0.2) is 35.3 Å². The quantitative estimate of drug-likeness (QED) is 0.818. The molecule has 138 valence electrons. The molecule has 0 unspecified atom stereocenters. The first-order valence-electron chi connectivity index (χ1n) is 9.28. The zero-order chi connectivity index (χ0) is 17.8. The molecule has 2 aliphatic rings. The standard InChI is InChI=1S/C19H24N4O3/c24-18(4-3-15-6-11-25-14-15)23-10-12-26-17(13-23)16-5-7-20-19(21-16)22-8-1-2-9-22/h5-7,11,14,17H,1-4,8-10,12-13H2/t17-/m1/s1. The Balaban J connectivity index is 1.38. The Morgan fingerprint density at radius 2 is 2.12 bits per heavy atom. The van der Waals surface area contributed by atoms with Gasteiger partial charge in [-0.1, -0.05) is 0 Å². The molecule has 2 aliphatic heterocycles. The van der Waals surface area contributed by atoms with Gasteiger partial charge in [0.25, 0.3) is 0 Å². The molecule has 2 aromatic heterocycles. The van der Waals surface area contributed by atoms with Gasteiger partial charge in [0.2, 0.25) is 11.9 Å². The van der Waals surface area contributed by atoms with E-state index in [-0.39, 0.29) is 12.0 Å². The second-order valence-electron chi connectivity index (χ2n) is 6.81. The van der Waals surface area contributed by atoms with E-state index in [1.54, 1.807) is 18.7 Å². The van der Waals surface area contributed by atoms with Crippen LogP contribution in [-0.2, 0) is 16.0 Å². The fourth-order valence-electron chi connectivity index (χ4n) is 3.51. The van der Waals surface area contributed by atoms with Crippen molar-refractivity contribution in [1.82, 2.24) is 14.9 Å². The summed E-state index contributed by atoms with van der Waals surface area (Å²) in [7, 11) is 0. The van der Waals surface area contributed by atoms with Crippen LogP contribution in [-0.4, -0.2) is 53.6 Å². The zero-order valence-electron chi connectivity index (χ0n) is 14.8. The van der Waals surface area contributed by atoms with Crippen molar-refractivity contribution in [3.8, 4) is 0 Å². The SMILES string of the molecule is O=C(CCc1ccoc1)N1CCO[C@@H](c2ccnc(N3CCCC3)n2)C1. The van der Waals surface area contributed by atoms with Crippen molar-refractivity contribution >= 4 is 11.9 Å². The molecule has 4 heterocycles. The van der Waals surface area contributed by atoms with Crippen LogP contribution in [0.5, 0.6) is 0 Å². The number of nitrogens with zero attached hydrogens (tertiary/aromatic N) is 4. The molecule has 2 saturated heterocycles. The summed E-state index contributed by atoms with van der Waals surface area (Å²) in [6, 6.07) is 3.79. The Hall–Kier alpha value is -2.41. The van der Waals surface area contributed by atoms with Gasteiger partial charge < -0.3 is 19.0 Å². The Kier molecular flexibility index (Phi) is 5.15. The first kappa shape index (κ1) is 17.0. The third-order valence-corrected chi connectivity index (χ3v) is 5.01. The van der Waals surface area contributed by atoms with Gasteiger partial charge in [0.05, 0.1) is 31.4 Å². The second-order valence-corrected chi connectivity index (χ2v) is 6.81. The highest BCUT2D eigenvalue weighted by Crippen LogP contribution is 2.23. The number of furan rings is 1. The molecule has 1 amide bonds. The molecule has 2 fully saturated rings. The van der Waals surface area contributed by atoms with Gasteiger partial charge in [0.1, 0.15) is 6.10 Å². The fourth-order valence-corrected chi connectivity index (χ4v) is 3.51. The molecule has 4 rings (SSSR count). The van der Waals surface area contributed by atoms with Crippen molar-refractivity contribution in [2.75, 3.05) is 37.7 Å². The molecule has 2 aromatic rings. The lowest BCUT2D eigenvalue weighted by atomic mass is 10.1. The van der Waals surface area contributed by atoms with Gasteiger partial charge in [0, 0.05) is 32.3 Å². The van der Waals surface area contributed by atoms with Gasteiger partial charge in [0.15, 0.2) is 0 Å². The van der Waals surface area contributed by atoms with Crippen LogP contribution in [0.25, 0.3) is 0 Å². The van der Waals surface area contributed by atoms with E-state index < -0.39 is 0 Å². The van der Waals surface area contributed by atoms with E-state index in [1.807, 2.05) is 17.0 Å². The third kappa shape index (κ3) is 3.88. The van der Waals surface area contributed by atoms with Gasteiger partial charge in [-0.15, -0.1) is 0 Å². The van der Waals surface area contributed by atoms with Crippen LogP contribution in [0.1, 0.15) is 36.6 Å². The second kappa shape index (κ2) is 7.86. The van der Waals surface area contributed by atoms with E-state index >= 15 is 0 Å². The van der Waals surface area contributed by atoms with Crippen LogP contribution in [0, 0.1) is 0 Å². The summed E-state index contributed by atoms with van der Waals surface area (Å²) in [6.45, 7) is 3.72. The number of hydrogen-bond acceptors (Lipinski definition) is 6. The smallest absolute Gasteiger partial charge is 0.225 e. The highest BCUT2D eigenvalue weighted by molar-refractivity contribution is 5.76. The zero-order valence-corrected chi connectivity index (χ0v) is 14.8. The van der Waals surface area contributed by atoms with Gasteiger partial charge in [-0.25, -0.2) is 9.97 Å². The summed E-state index contributed by atoms with van der Waals surface area (Å²) in [6.07, 6.45) is 8.48. The number of carbonyl (C=O) groups is 1. The molecular formula is C19H24N4O3. The number of rotatable bonds is 5. The lowest BCUT2D eigenvalue weighted by molar-refractivity contribution is -0.139. The lowest BCUT2D eigenvalue weighted by Crippen LogP contribution is -2.42. The predicted octanol–water partition coefficient (Wildman–Crippen LogP) is 2.20. The Labute approximate surface area is 153 Å². The minimum absolute atomic E-state index is 0.147. The molecule has 7 nitrogen and oxygen atoms in total. The molecule has 0 bridgehead atoms. The first-order chi connectivity index (χ1) is 12.8. The molecule has 0 N–H and O–H groups in total. The summed E-state index contributed by atoms with van der Waals surface area (Å²) in [5, 5.41) is 0. The van der Waals surface area contributed by atoms with Crippen LogP contribution >= 0.6 is 0 Å². The maximum Gasteiger partial charge on any atom is 0.225 e. The van der Waals surface area contributed by atoms with E-state index in [4.69, 9.17) is 14.1 Å². The average Bonchev–Trinajstić information content (AvgIpc) is 3.40. The predicted molar refractivity (Wildman–Crippen MR) is 95.8 cm³/mol. The number of anilines is 1. The van der Waals surface area contributed by atoms with Gasteiger partial charge in [-0.2, -0.15) is 0 Å². The first-order valence-corrected chi connectivity index (χ1v) is 9.28. The van der Waals surface area contributed by atoms with Crippen molar-refractivity contribution < 1.29 is 13.9 Å². The number of aromatic nitrogens is 2. The molecular weight excluding hydrogens is 332 g/mol. The molecule has 26 heavy (non-hydrogen) atoms. The average molecular weight is 356 g/mol. The maximum absolute atomic E-state index is 12.5. The molecule has 0 spiro atoms. The van der Waals surface area contributed by atoms with Crippen LogP contribution in [0.4, 0.5) is 5.95 Å². The highest BCUT2D eigenvalue weighted by atomic mass is 16.5. The summed E-state index contributed by atoms with van der Waals surface area (Å²) in [5.74, 6) is 0.917.